The molecule has 1 aliphatic heterocycles. The number of esters is 1. The summed E-state index contributed by atoms with van der Waals surface area (Å²) in [6.07, 6.45) is 2.98. The number of fused-ring (bicyclic) bond motifs is 2. The zero-order valence-electron chi connectivity index (χ0n) is 12.7. The number of hydrogen-bond acceptors (Lipinski definition) is 4. The van der Waals surface area contributed by atoms with Crippen molar-refractivity contribution in [2.75, 3.05) is 6.61 Å². The van der Waals surface area contributed by atoms with Gasteiger partial charge in [-0.05, 0) is 30.7 Å². The minimum absolute atomic E-state index is 0.0699. The van der Waals surface area contributed by atoms with E-state index in [1.807, 2.05) is 18.2 Å². The number of benzene rings is 2. The maximum Gasteiger partial charge on any atom is 0.330 e. The van der Waals surface area contributed by atoms with Crippen molar-refractivity contribution in [3.63, 3.8) is 0 Å². The van der Waals surface area contributed by atoms with Gasteiger partial charge in [0.15, 0.2) is 5.78 Å². The molecule has 0 amide bonds. The van der Waals surface area contributed by atoms with Crippen LogP contribution in [0.4, 0.5) is 0 Å². The van der Waals surface area contributed by atoms with Gasteiger partial charge in [-0.2, -0.15) is 0 Å². The van der Waals surface area contributed by atoms with E-state index < -0.39 is 5.97 Å². The molecule has 116 valence electrons. The molecule has 0 atom stereocenters. The highest BCUT2D eigenvalue weighted by Crippen LogP contribution is 2.29. The van der Waals surface area contributed by atoms with Crippen LogP contribution in [0.3, 0.4) is 0 Å². The largest absolute Gasteiger partial charge is 0.488 e. The molecule has 0 aromatic heterocycles. The first-order valence-electron chi connectivity index (χ1n) is 7.43. The minimum atomic E-state index is -0.407. The Balaban J connectivity index is 1.94. The van der Waals surface area contributed by atoms with Crippen LogP contribution in [-0.2, 0) is 16.1 Å². The lowest BCUT2D eigenvalue weighted by Gasteiger charge is -2.06. The fourth-order valence-electron chi connectivity index (χ4n) is 2.48. The Kier molecular flexibility index (Phi) is 4.24. The Bertz CT molecular complexity index is 790. The lowest BCUT2D eigenvalue weighted by molar-refractivity contribution is -0.137. The number of carbonyl (C=O) groups is 2. The van der Waals surface area contributed by atoms with Crippen molar-refractivity contribution in [2.45, 2.75) is 13.5 Å². The molecular formula is C19H16O4. The van der Waals surface area contributed by atoms with Crippen LogP contribution in [0.1, 0.15) is 34.0 Å². The Morgan fingerprint density at radius 3 is 2.87 bits per heavy atom. The average Bonchev–Trinajstić information content (AvgIpc) is 2.71. The number of rotatable bonds is 3. The highest BCUT2D eigenvalue weighted by Gasteiger charge is 2.21. The van der Waals surface area contributed by atoms with Gasteiger partial charge in [-0.25, -0.2) is 4.79 Å². The molecule has 0 radical (unpaired) electrons. The lowest BCUT2D eigenvalue weighted by atomic mass is 9.98. The van der Waals surface area contributed by atoms with Crippen molar-refractivity contribution in [1.29, 1.82) is 0 Å². The normalized spacial score (nSPS) is 13.0. The van der Waals surface area contributed by atoms with E-state index in [0.717, 1.165) is 11.1 Å². The van der Waals surface area contributed by atoms with E-state index in [0.29, 0.717) is 30.1 Å². The van der Waals surface area contributed by atoms with Crippen LogP contribution < -0.4 is 4.74 Å². The van der Waals surface area contributed by atoms with Crippen molar-refractivity contribution >= 4 is 17.8 Å². The van der Waals surface area contributed by atoms with Gasteiger partial charge < -0.3 is 9.47 Å². The van der Waals surface area contributed by atoms with Crippen molar-refractivity contribution in [2.24, 2.45) is 0 Å². The molecule has 0 N–H and O–H groups in total. The molecule has 0 fully saturated rings. The molecule has 1 aliphatic rings. The highest BCUT2D eigenvalue weighted by atomic mass is 16.5. The van der Waals surface area contributed by atoms with Gasteiger partial charge in [0.25, 0.3) is 0 Å². The Hall–Kier alpha value is -2.88. The number of carbonyl (C=O) groups excluding carboxylic acids is 2. The first-order chi connectivity index (χ1) is 11.2. The smallest absolute Gasteiger partial charge is 0.330 e. The monoisotopic (exact) mass is 308 g/mol. The third-order valence-electron chi connectivity index (χ3n) is 3.59. The molecule has 0 aliphatic carbocycles. The van der Waals surface area contributed by atoms with Gasteiger partial charge in [-0.1, -0.05) is 30.3 Å². The third-order valence-corrected chi connectivity index (χ3v) is 3.59. The minimum Gasteiger partial charge on any atom is -0.488 e. The van der Waals surface area contributed by atoms with Crippen LogP contribution in [0, 0.1) is 0 Å². The van der Waals surface area contributed by atoms with E-state index in [2.05, 4.69) is 0 Å². The fourth-order valence-corrected chi connectivity index (χ4v) is 2.48. The molecule has 2 aromatic carbocycles. The van der Waals surface area contributed by atoms with Crippen LogP contribution in [0.5, 0.6) is 5.75 Å². The van der Waals surface area contributed by atoms with E-state index in [-0.39, 0.29) is 5.78 Å². The highest BCUT2D eigenvalue weighted by molar-refractivity contribution is 6.12. The Morgan fingerprint density at radius 1 is 1.22 bits per heavy atom. The number of ether oxygens (including phenoxy) is 2. The summed E-state index contributed by atoms with van der Waals surface area (Å²) in [6, 6.07) is 12.7. The summed E-state index contributed by atoms with van der Waals surface area (Å²) >= 11 is 0. The molecule has 3 rings (SSSR count). The van der Waals surface area contributed by atoms with E-state index in [9.17, 15) is 9.59 Å². The molecule has 4 nitrogen and oxygen atoms in total. The molecule has 23 heavy (non-hydrogen) atoms. The van der Waals surface area contributed by atoms with Crippen LogP contribution in [0.15, 0.2) is 48.5 Å². The molecule has 0 unspecified atom stereocenters. The number of ketones is 1. The summed E-state index contributed by atoms with van der Waals surface area (Å²) in [6.45, 7) is 2.45. The molecule has 4 heteroatoms. The van der Waals surface area contributed by atoms with E-state index in [4.69, 9.17) is 9.47 Å². The van der Waals surface area contributed by atoms with Gasteiger partial charge in [0.2, 0.25) is 0 Å². The average molecular weight is 308 g/mol. The lowest BCUT2D eigenvalue weighted by Crippen LogP contribution is -2.02. The Morgan fingerprint density at radius 2 is 2.04 bits per heavy atom. The Labute approximate surface area is 134 Å². The molecule has 1 heterocycles. The molecule has 0 saturated carbocycles. The third kappa shape index (κ3) is 3.16. The summed E-state index contributed by atoms with van der Waals surface area (Å²) < 4.78 is 10.6. The molecule has 0 spiro atoms. The van der Waals surface area contributed by atoms with Crippen LogP contribution >= 0.6 is 0 Å². The second kappa shape index (κ2) is 6.48. The van der Waals surface area contributed by atoms with Gasteiger partial charge in [0.05, 0.1) is 12.2 Å². The van der Waals surface area contributed by atoms with Crippen molar-refractivity contribution in [3.05, 3.63) is 70.8 Å². The van der Waals surface area contributed by atoms with Gasteiger partial charge in [-0.15, -0.1) is 0 Å². The standard InChI is InChI=1S/C19H16O4/c1-2-22-18(20)10-8-13-7-9-17-16(11-13)19(21)15-6-4-3-5-14(15)12-23-17/h3-11H,2,12H2,1H3. The van der Waals surface area contributed by atoms with E-state index >= 15 is 0 Å². The molecule has 2 aromatic rings. The topological polar surface area (TPSA) is 52.6 Å². The quantitative estimate of drug-likeness (QED) is 0.644. The van der Waals surface area contributed by atoms with Gasteiger partial charge in [0.1, 0.15) is 12.4 Å². The summed E-state index contributed by atoms with van der Waals surface area (Å²) in [5.41, 5.74) is 2.77. The SMILES string of the molecule is CCOC(=O)C=Cc1ccc2c(c1)C(=O)c1ccccc1CO2. The van der Waals surface area contributed by atoms with Crippen molar-refractivity contribution in [1.82, 2.24) is 0 Å². The molecule has 0 bridgehead atoms. The van der Waals surface area contributed by atoms with Crippen molar-refractivity contribution in [3.8, 4) is 5.75 Å². The van der Waals surface area contributed by atoms with Gasteiger partial charge in [-0.3, -0.25) is 4.79 Å². The maximum absolute atomic E-state index is 12.7. The second-order valence-corrected chi connectivity index (χ2v) is 5.12. The van der Waals surface area contributed by atoms with Crippen molar-refractivity contribution < 1.29 is 19.1 Å². The summed E-state index contributed by atoms with van der Waals surface area (Å²) in [4.78, 5) is 24.1. The number of hydrogen-bond donors (Lipinski definition) is 0. The first-order valence-corrected chi connectivity index (χ1v) is 7.43. The summed E-state index contributed by atoms with van der Waals surface area (Å²) in [5.74, 6) is 0.0781. The van der Waals surface area contributed by atoms with Gasteiger partial charge in [0, 0.05) is 17.2 Å². The zero-order chi connectivity index (χ0) is 16.2. The van der Waals surface area contributed by atoms with E-state index in [1.165, 1.54) is 6.08 Å². The molecule has 0 saturated heterocycles. The second-order valence-electron chi connectivity index (χ2n) is 5.12. The van der Waals surface area contributed by atoms with Gasteiger partial charge >= 0.3 is 5.97 Å². The van der Waals surface area contributed by atoms with Crippen LogP contribution in [0.25, 0.3) is 6.08 Å². The fraction of sp³-hybridized carbons (Fsp3) is 0.158. The predicted molar refractivity (Wildman–Crippen MR) is 86.3 cm³/mol. The summed E-state index contributed by atoms with van der Waals surface area (Å²) in [7, 11) is 0. The predicted octanol–water partition coefficient (Wildman–Crippen LogP) is 3.39. The summed E-state index contributed by atoms with van der Waals surface area (Å²) in [5, 5.41) is 0. The van der Waals surface area contributed by atoms with Crippen LogP contribution in [-0.4, -0.2) is 18.4 Å². The van der Waals surface area contributed by atoms with E-state index in [1.54, 1.807) is 37.3 Å². The molecular weight excluding hydrogens is 292 g/mol. The zero-order valence-corrected chi connectivity index (χ0v) is 12.7. The first kappa shape index (κ1) is 15.0. The maximum atomic E-state index is 12.7. The van der Waals surface area contributed by atoms with Crippen LogP contribution in [0.2, 0.25) is 0 Å².